The molecule has 2 aromatic carbocycles. The number of anilines is 1. The summed E-state index contributed by atoms with van der Waals surface area (Å²) in [6, 6.07) is 13.6. The Morgan fingerprint density at radius 3 is 2.64 bits per heavy atom. The predicted octanol–water partition coefficient (Wildman–Crippen LogP) is 4.18. The quantitative estimate of drug-likeness (QED) is 0.762. The molecule has 3 aromatic rings. The van der Waals surface area contributed by atoms with Crippen LogP contribution in [0.25, 0.3) is 16.9 Å². The number of nitrogens with zero attached hydrogens (tertiary/aromatic N) is 2. The highest BCUT2D eigenvalue weighted by atomic mass is 35.5. The van der Waals surface area contributed by atoms with Crippen LogP contribution in [0.1, 0.15) is 5.56 Å². The molecule has 25 heavy (non-hydrogen) atoms. The summed E-state index contributed by atoms with van der Waals surface area (Å²) >= 11 is 6.38. The van der Waals surface area contributed by atoms with Gasteiger partial charge in [-0.3, -0.25) is 0 Å². The maximum absolute atomic E-state index is 6.38. The predicted molar refractivity (Wildman–Crippen MR) is 99.3 cm³/mol. The van der Waals surface area contributed by atoms with Crippen molar-refractivity contribution < 1.29 is 9.47 Å². The first kappa shape index (κ1) is 15.8. The smallest absolute Gasteiger partial charge is 0.161 e. The molecular formula is C19H18ClN3O2. The summed E-state index contributed by atoms with van der Waals surface area (Å²) in [5.74, 6) is 2.39. The Kier molecular flexibility index (Phi) is 4.01. The van der Waals surface area contributed by atoms with Gasteiger partial charge in [0.05, 0.1) is 30.6 Å². The van der Waals surface area contributed by atoms with Crippen LogP contribution in [0, 0.1) is 0 Å². The fourth-order valence-electron chi connectivity index (χ4n) is 3.19. The minimum atomic E-state index is 0.667. The first-order chi connectivity index (χ1) is 12.2. The minimum absolute atomic E-state index is 0.667. The van der Waals surface area contributed by atoms with Crippen LogP contribution in [-0.4, -0.2) is 30.5 Å². The van der Waals surface area contributed by atoms with Crippen LogP contribution in [0.15, 0.2) is 42.5 Å². The van der Waals surface area contributed by atoms with E-state index < -0.39 is 0 Å². The molecular weight excluding hydrogens is 338 g/mol. The average Bonchev–Trinajstić information content (AvgIpc) is 3.24. The summed E-state index contributed by atoms with van der Waals surface area (Å²) in [6.07, 6.45) is 0.920. The summed E-state index contributed by atoms with van der Waals surface area (Å²) in [4.78, 5) is 0. The number of methoxy groups -OCH3 is 2. The highest BCUT2D eigenvalue weighted by molar-refractivity contribution is 6.32. The SMILES string of the molecule is COc1ccc(-c2nn(-c3ccccc3Cl)c3c2CCN3)cc1OC. The van der Waals surface area contributed by atoms with Gasteiger partial charge in [0.25, 0.3) is 0 Å². The highest BCUT2D eigenvalue weighted by Crippen LogP contribution is 2.38. The van der Waals surface area contributed by atoms with Crippen molar-refractivity contribution in [1.29, 1.82) is 0 Å². The minimum Gasteiger partial charge on any atom is -0.493 e. The van der Waals surface area contributed by atoms with Crippen molar-refractivity contribution in [2.24, 2.45) is 0 Å². The molecule has 0 atom stereocenters. The molecule has 0 saturated heterocycles. The maximum Gasteiger partial charge on any atom is 0.161 e. The summed E-state index contributed by atoms with van der Waals surface area (Å²) in [5, 5.41) is 8.93. The molecule has 0 bridgehead atoms. The molecule has 0 saturated carbocycles. The van der Waals surface area contributed by atoms with E-state index in [0.29, 0.717) is 16.5 Å². The van der Waals surface area contributed by atoms with Crippen LogP contribution in [0.3, 0.4) is 0 Å². The Labute approximate surface area is 151 Å². The van der Waals surface area contributed by atoms with Gasteiger partial charge in [0.15, 0.2) is 11.5 Å². The van der Waals surface area contributed by atoms with E-state index in [1.165, 1.54) is 5.56 Å². The molecule has 128 valence electrons. The van der Waals surface area contributed by atoms with Crippen LogP contribution in [0.2, 0.25) is 5.02 Å². The molecule has 0 unspecified atom stereocenters. The van der Waals surface area contributed by atoms with E-state index in [-0.39, 0.29) is 0 Å². The zero-order valence-corrected chi connectivity index (χ0v) is 14.8. The fourth-order valence-corrected chi connectivity index (χ4v) is 3.40. The Bertz CT molecular complexity index is 936. The van der Waals surface area contributed by atoms with Crippen LogP contribution in [0.5, 0.6) is 11.5 Å². The third-order valence-corrected chi connectivity index (χ3v) is 4.71. The topological polar surface area (TPSA) is 48.3 Å². The number of benzene rings is 2. The van der Waals surface area contributed by atoms with Gasteiger partial charge in [-0.15, -0.1) is 0 Å². The number of para-hydroxylation sites is 1. The van der Waals surface area contributed by atoms with Gasteiger partial charge in [-0.2, -0.15) is 5.10 Å². The Hall–Kier alpha value is -2.66. The lowest BCUT2D eigenvalue weighted by atomic mass is 10.1. The molecule has 2 heterocycles. The van der Waals surface area contributed by atoms with Gasteiger partial charge in [0, 0.05) is 17.7 Å². The van der Waals surface area contributed by atoms with Crippen LogP contribution < -0.4 is 14.8 Å². The number of halogens is 1. The van der Waals surface area contributed by atoms with E-state index in [2.05, 4.69) is 5.32 Å². The van der Waals surface area contributed by atoms with E-state index in [0.717, 1.165) is 35.7 Å². The number of fused-ring (bicyclic) bond motifs is 1. The third-order valence-electron chi connectivity index (χ3n) is 4.39. The van der Waals surface area contributed by atoms with Gasteiger partial charge >= 0.3 is 0 Å². The van der Waals surface area contributed by atoms with Crippen molar-refractivity contribution in [2.45, 2.75) is 6.42 Å². The number of hydrogen-bond donors (Lipinski definition) is 1. The van der Waals surface area contributed by atoms with Crippen LogP contribution in [0.4, 0.5) is 5.82 Å². The van der Waals surface area contributed by atoms with Crippen molar-refractivity contribution in [3.63, 3.8) is 0 Å². The zero-order chi connectivity index (χ0) is 17.4. The second-order valence-electron chi connectivity index (χ2n) is 5.79. The van der Waals surface area contributed by atoms with Gasteiger partial charge < -0.3 is 14.8 Å². The van der Waals surface area contributed by atoms with Gasteiger partial charge in [0.2, 0.25) is 0 Å². The summed E-state index contributed by atoms with van der Waals surface area (Å²) < 4.78 is 12.6. The average molecular weight is 356 g/mol. The number of ether oxygens (including phenoxy) is 2. The van der Waals surface area contributed by atoms with Gasteiger partial charge in [-0.05, 0) is 36.8 Å². The third kappa shape index (κ3) is 2.61. The van der Waals surface area contributed by atoms with E-state index >= 15 is 0 Å². The molecule has 6 heteroatoms. The monoisotopic (exact) mass is 355 g/mol. The van der Waals surface area contributed by atoms with Gasteiger partial charge in [-0.1, -0.05) is 23.7 Å². The molecule has 0 amide bonds. The van der Waals surface area contributed by atoms with Crippen molar-refractivity contribution >= 4 is 17.4 Å². The first-order valence-electron chi connectivity index (χ1n) is 8.06. The standard InChI is InChI=1S/C19H18ClN3O2/c1-24-16-8-7-12(11-17(16)25-2)18-13-9-10-21-19(13)23(22-18)15-6-4-3-5-14(15)20/h3-8,11,21H,9-10H2,1-2H3. The molecule has 4 rings (SSSR count). The zero-order valence-electron chi connectivity index (χ0n) is 14.0. The molecule has 5 nitrogen and oxygen atoms in total. The number of aromatic nitrogens is 2. The first-order valence-corrected chi connectivity index (χ1v) is 8.44. The lowest BCUT2D eigenvalue weighted by molar-refractivity contribution is 0.355. The van der Waals surface area contributed by atoms with E-state index in [1.54, 1.807) is 14.2 Å². The molecule has 0 fully saturated rings. The van der Waals surface area contributed by atoms with Crippen molar-refractivity contribution in [1.82, 2.24) is 9.78 Å². The van der Waals surface area contributed by atoms with Crippen LogP contribution >= 0.6 is 11.6 Å². The second kappa shape index (κ2) is 6.33. The number of rotatable bonds is 4. The lowest BCUT2D eigenvalue weighted by Gasteiger charge is -2.09. The van der Waals surface area contributed by atoms with Crippen LogP contribution in [-0.2, 0) is 6.42 Å². The molecule has 1 aromatic heterocycles. The van der Waals surface area contributed by atoms with E-state index in [9.17, 15) is 0 Å². The number of nitrogens with one attached hydrogen (secondary N) is 1. The highest BCUT2D eigenvalue weighted by Gasteiger charge is 2.25. The summed E-state index contributed by atoms with van der Waals surface area (Å²) in [6.45, 7) is 0.887. The fraction of sp³-hybridized carbons (Fsp3) is 0.211. The Morgan fingerprint density at radius 1 is 1.08 bits per heavy atom. The maximum atomic E-state index is 6.38. The van der Waals surface area contributed by atoms with Gasteiger partial charge in [0.1, 0.15) is 5.82 Å². The molecule has 1 N–H and O–H groups in total. The van der Waals surface area contributed by atoms with Crippen molar-refractivity contribution in [2.75, 3.05) is 26.1 Å². The molecule has 1 aliphatic heterocycles. The summed E-state index contributed by atoms with van der Waals surface area (Å²) in [7, 11) is 3.27. The van der Waals surface area contributed by atoms with Crippen molar-refractivity contribution in [3.8, 4) is 28.4 Å². The van der Waals surface area contributed by atoms with Crippen molar-refractivity contribution in [3.05, 3.63) is 53.1 Å². The Morgan fingerprint density at radius 2 is 1.88 bits per heavy atom. The van der Waals surface area contributed by atoms with E-state index in [1.807, 2.05) is 47.1 Å². The Balaban J connectivity index is 1.88. The summed E-state index contributed by atoms with van der Waals surface area (Å²) in [5.41, 5.74) is 3.97. The normalized spacial score (nSPS) is 12.6. The molecule has 0 spiro atoms. The number of hydrogen-bond acceptors (Lipinski definition) is 4. The van der Waals surface area contributed by atoms with Gasteiger partial charge in [-0.25, -0.2) is 4.68 Å². The lowest BCUT2D eigenvalue weighted by Crippen LogP contribution is -2.04. The largest absolute Gasteiger partial charge is 0.493 e. The molecule has 0 aliphatic carbocycles. The second-order valence-corrected chi connectivity index (χ2v) is 6.19. The molecule has 0 radical (unpaired) electrons. The van der Waals surface area contributed by atoms with E-state index in [4.69, 9.17) is 26.2 Å². The molecule has 1 aliphatic rings.